The normalized spacial score (nSPS) is 27.9. The molecule has 0 unspecified atom stereocenters. The lowest BCUT2D eigenvalue weighted by atomic mass is 9.70. The second-order valence-electron chi connectivity index (χ2n) is 6.52. The lowest BCUT2D eigenvalue weighted by Gasteiger charge is -2.42. The van der Waals surface area contributed by atoms with Crippen molar-refractivity contribution in [2.75, 3.05) is 27.2 Å². The Bertz CT molecular complexity index is 353. The first-order valence-electron chi connectivity index (χ1n) is 7.48. The summed E-state index contributed by atoms with van der Waals surface area (Å²) in [4.78, 5) is 2.51. The highest BCUT2D eigenvalue weighted by molar-refractivity contribution is 7.07. The highest BCUT2D eigenvalue weighted by Gasteiger charge is 2.34. The molecule has 0 amide bonds. The number of rotatable bonds is 6. The summed E-state index contributed by atoms with van der Waals surface area (Å²) in [5, 5.41) is 7.88. The molecule has 0 bridgehead atoms. The van der Waals surface area contributed by atoms with Crippen LogP contribution in [0.5, 0.6) is 0 Å². The molecule has 0 aliphatic heterocycles. The van der Waals surface area contributed by atoms with E-state index in [1.54, 1.807) is 11.3 Å². The van der Waals surface area contributed by atoms with Crippen LogP contribution in [0.4, 0.5) is 0 Å². The Balaban J connectivity index is 1.92. The first-order valence-corrected chi connectivity index (χ1v) is 8.42. The molecule has 1 aliphatic carbocycles. The van der Waals surface area contributed by atoms with Gasteiger partial charge in [0.1, 0.15) is 0 Å². The van der Waals surface area contributed by atoms with Crippen molar-refractivity contribution in [2.24, 2.45) is 11.3 Å². The topological polar surface area (TPSA) is 15.3 Å². The van der Waals surface area contributed by atoms with Gasteiger partial charge in [-0.15, -0.1) is 0 Å². The summed E-state index contributed by atoms with van der Waals surface area (Å²) in [7, 11) is 4.37. The molecule has 1 aromatic heterocycles. The Morgan fingerprint density at radius 3 is 2.74 bits per heavy atom. The average Bonchev–Trinajstić information content (AvgIpc) is 2.86. The predicted molar refractivity (Wildman–Crippen MR) is 84.6 cm³/mol. The fraction of sp³-hybridized carbons (Fsp3) is 0.750. The van der Waals surface area contributed by atoms with E-state index in [-0.39, 0.29) is 0 Å². The monoisotopic (exact) mass is 280 g/mol. The van der Waals surface area contributed by atoms with Crippen molar-refractivity contribution in [1.82, 2.24) is 10.2 Å². The van der Waals surface area contributed by atoms with Gasteiger partial charge in [-0.3, -0.25) is 0 Å². The molecular weight excluding hydrogens is 252 g/mol. The minimum Gasteiger partial charge on any atom is -0.319 e. The third kappa shape index (κ3) is 4.30. The van der Waals surface area contributed by atoms with E-state index in [0.29, 0.717) is 5.41 Å². The molecule has 2 nitrogen and oxygen atoms in total. The third-order valence-corrected chi connectivity index (χ3v) is 5.26. The van der Waals surface area contributed by atoms with Crippen LogP contribution >= 0.6 is 11.3 Å². The minimum atomic E-state index is 0.492. The second-order valence-corrected chi connectivity index (χ2v) is 7.30. The second kappa shape index (κ2) is 6.87. The van der Waals surface area contributed by atoms with Crippen LogP contribution < -0.4 is 5.32 Å². The SMILES string of the molecule is CNCC1(CN(C)Cc2ccsc2)CCC(C)CC1. The van der Waals surface area contributed by atoms with E-state index < -0.39 is 0 Å². The quantitative estimate of drug-likeness (QED) is 0.856. The van der Waals surface area contributed by atoms with E-state index in [4.69, 9.17) is 0 Å². The van der Waals surface area contributed by atoms with Crippen molar-refractivity contribution in [2.45, 2.75) is 39.2 Å². The number of thiophene rings is 1. The summed E-state index contributed by atoms with van der Waals surface area (Å²) < 4.78 is 0. The van der Waals surface area contributed by atoms with Crippen LogP contribution in [0.2, 0.25) is 0 Å². The van der Waals surface area contributed by atoms with Gasteiger partial charge in [0.25, 0.3) is 0 Å². The predicted octanol–water partition coefficient (Wildman–Crippen LogP) is 3.60. The van der Waals surface area contributed by atoms with Gasteiger partial charge in [0.2, 0.25) is 0 Å². The van der Waals surface area contributed by atoms with Crippen LogP contribution in [0.3, 0.4) is 0 Å². The van der Waals surface area contributed by atoms with Crippen molar-refractivity contribution >= 4 is 11.3 Å². The first-order chi connectivity index (χ1) is 9.13. The fourth-order valence-electron chi connectivity index (χ4n) is 3.46. The molecule has 1 aromatic rings. The Morgan fingerprint density at radius 1 is 1.42 bits per heavy atom. The van der Waals surface area contributed by atoms with Gasteiger partial charge in [-0.05, 0) is 60.7 Å². The lowest BCUT2D eigenvalue weighted by Crippen LogP contribution is -2.44. The Morgan fingerprint density at radius 2 is 2.16 bits per heavy atom. The fourth-order valence-corrected chi connectivity index (χ4v) is 4.12. The maximum Gasteiger partial charge on any atom is 0.0239 e. The summed E-state index contributed by atoms with van der Waals surface area (Å²) in [6.45, 7) is 5.87. The van der Waals surface area contributed by atoms with Gasteiger partial charge in [-0.1, -0.05) is 19.8 Å². The summed E-state index contributed by atoms with van der Waals surface area (Å²) >= 11 is 1.80. The van der Waals surface area contributed by atoms with Crippen molar-refractivity contribution < 1.29 is 0 Å². The van der Waals surface area contributed by atoms with Crippen LogP contribution in [0, 0.1) is 11.3 Å². The zero-order valence-corrected chi connectivity index (χ0v) is 13.4. The smallest absolute Gasteiger partial charge is 0.0239 e. The molecule has 3 heteroatoms. The maximum absolute atomic E-state index is 3.43. The molecular formula is C16H28N2S. The molecule has 1 heterocycles. The molecule has 1 fully saturated rings. The van der Waals surface area contributed by atoms with Gasteiger partial charge < -0.3 is 10.2 Å². The Hall–Kier alpha value is -0.380. The van der Waals surface area contributed by atoms with Gasteiger partial charge in [0.05, 0.1) is 0 Å². The molecule has 1 N–H and O–H groups in total. The molecule has 0 aromatic carbocycles. The van der Waals surface area contributed by atoms with E-state index in [1.165, 1.54) is 37.8 Å². The van der Waals surface area contributed by atoms with Crippen molar-refractivity contribution in [1.29, 1.82) is 0 Å². The highest BCUT2D eigenvalue weighted by Crippen LogP contribution is 2.39. The maximum atomic E-state index is 3.43. The van der Waals surface area contributed by atoms with Crippen LogP contribution in [0.15, 0.2) is 16.8 Å². The van der Waals surface area contributed by atoms with Crippen LogP contribution in [0.25, 0.3) is 0 Å². The van der Waals surface area contributed by atoms with Gasteiger partial charge in [-0.25, -0.2) is 0 Å². The van der Waals surface area contributed by atoms with Crippen molar-refractivity contribution in [3.05, 3.63) is 22.4 Å². The van der Waals surface area contributed by atoms with Crippen molar-refractivity contribution in [3.8, 4) is 0 Å². The Kier molecular flexibility index (Phi) is 5.43. The summed E-state index contributed by atoms with van der Waals surface area (Å²) in [5.41, 5.74) is 1.95. The molecule has 1 aliphatic rings. The molecule has 0 atom stereocenters. The molecule has 108 valence electrons. The number of hydrogen-bond acceptors (Lipinski definition) is 3. The van der Waals surface area contributed by atoms with E-state index in [0.717, 1.165) is 19.0 Å². The van der Waals surface area contributed by atoms with Crippen LogP contribution in [-0.4, -0.2) is 32.1 Å². The van der Waals surface area contributed by atoms with Gasteiger partial charge in [-0.2, -0.15) is 11.3 Å². The molecule has 1 saturated carbocycles. The minimum absolute atomic E-state index is 0.492. The van der Waals surface area contributed by atoms with Gasteiger partial charge in [0, 0.05) is 19.6 Å². The largest absolute Gasteiger partial charge is 0.319 e. The summed E-state index contributed by atoms with van der Waals surface area (Å²) in [6.07, 6.45) is 5.55. The van der Waals surface area contributed by atoms with E-state index in [9.17, 15) is 0 Å². The van der Waals surface area contributed by atoms with E-state index >= 15 is 0 Å². The lowest BCUT2D eigenvalue weighted by molar-refractivity contribution is 0.0980. The third-order valence-electron chi connectivity index (χ3n) is 4.52. The van der Waals surface area contributed by atoms with Crippen LogP contribution in [-0.2, 0) is 6.54 Å². The molecule has 19 heavy (non-hydrogen) atoms. The molecule has 2 rings (SSSR count). The molecule has 0 saturated heterocycles. The standard InChI is InChI=1S/C16H28N2S/c1-14-4-7-16(8-5-14,12-17-2)13-18(3)10-15-6-9-19-11-15/h6,9,11,14,17H,4-5,7-8,10,12-13H2,1-3H3. The number of hydrogen-bond donors (Lipinski definition) is 1. The van der Waals surface area contributed by atoms with Crippen LogP contribution in [0.1, 0.15) is 38.2 Å². The summed E-state index contributed by atoms with van der Waals surface area (Å²) in [5.74, 6) is 0.923. The zero-order chi connectivity index (χ0) is 13.7. The van der Waals surface area contributed by atoms with E-state index in [2.05, 4.69) is 48.1 Å². The molecule has 0 spiro atoms. The first kappa shape index (κ1) is 15.0. The molecule has 0 radical (unpaired) electrons. The average molecular weight is 280 g/mol. The Labute approximate surface area is 122 Å². The van der Waals surface area contributed by atoms with E-state index in [1.807, 2.05) is 0 Å². The summed E-state index contributed by atoms with van der Waals surface area (Å²) in [6, 6.07) is 2.24. The number of nitrogens with one attached hydrogen (secondary N) is 1. The zero-order valence-electron chi connectivity index (χ0n) is 12.6. The van der Waals surface area contributed by atoms with Crippen molar-refractivity contribution in [3.63, 3.8) is 0 Å². The number of nitrogens with zero attached hydrogens (tertiary/aromatic N) is 1. The highest BCUT2D eigenvalue weighted by atomic mass is 32.1. The van der Waals surface area contributed by atoms with Gasteiger partial charge >= 0.3 is 0 Å². The van der Waals surface area contributed by atoms with Gasteiger partial charge in [0.15, 0.2) is 0 Å².